The molecule has 21 heavy (non-hydrogen) atoms. The number of hydrogen-bond acceptors (Lipinski definition) is 4. The molecule has 1 aromatic heterocycles. The fourth-order valence-electron chi connectivity index (χ4n) is 1.93. The summed E-state index contributed by atoms with van der Waals surface area (Å²) in [6.45, 7) is 0.537. The quantitative estimate of drug-likeness (QED) is 0.679. The van der Waals surface area contributed by atoms with Gasteiger partial charge >= 0.3 is 29.6 Å². The molecule has 2 N–H and O–H groups in total. The van der Waals surface area contributed by atoms with Crippen molar-refractivity contribution in [3.8, 4) is 5.75 Å². The van der Waals surface area contributed by atoms with E-state index in [1.165, 1.54) is 0 Å². The van der Waals surface area contributed by atoms with E-state index in [4.69, 9.17) is 10.5 Å². The average Bonchev–Trinajstić information content (AvgIpc) is 2.99. The third-order valence-corrected chi connectivity index (χ3v) is 3.75. The summed E-state index contributed by atoms with van der Waals surface area (Å²) in [7, 11) is 0. The van der Waals surface area contributed by atoms with Crippen LogP contribution < -0.4 is 34.3 Å². The van der Waals surface area contributed by atoms with Crippen molar-refractivity contribution >= 4 is 26.7 Å². The molecule has 0 saturated heterocycles. The fourth-order valence-corrected chi connectivity index (χ4v) is 2.54. The van der Waals surface area contributed by atoms with Gasteiger partial charge in [0.25, 0.3) is 0 Å². The number of tetrazole rings is 1. The number of ether oxygens (including phenoxy) is 1. The molecule has 8 heteroatoms. The number of hydrogen-bond donors (Lipinski definition) is 1. The standard InChI is InChI=1S/C13H11BrN5O.Na/c14-13-10-3-1-8(6-15)5-9(10)2-4-11(13)20-7-12-16-18-19-17-12;/h1-5,15H,6-7H2,(H,16,17,18,19);/q-1;+1. The largest absolute Gasteiger partial charge is 1.00 e. The Hall–Kier alpha value is -0.990. The van der Waals surface area contributed by atoms with E-state index in [9.17, 15) is 0 Å². The topological polar surface area (TPSA) is 87.5 Å². The second-order valence-electron chi connectivity index (χ2n) is 4.23. The second kappa shape index (κ2) is 7.33. The molecular weight excluding hydrogens is 345 g/mol. The van der Waals surface area contributed by atoms with E-state index in [0.29, 0.717) is 5.82 Å². The van der Waals surface area contributed by atoms with Crippen LogP contribution in [0.3, 0.4) is 0 Å². The van der Waals surface area contributed by atoms with Gasteiger partial charge in [0.15, 0.2) is 6.61 Å². The van der Waals surface area contributed by atoms with Gasteiger partial charge in [-0.1, -0.05) is 35.0 Å². The Bertz CT molecular complexity index is 735. The molecule has 0 aliphatic rings. The van der Waals surface area contributed by atoms with Gasteiger partial charge in [0.1, 0.15) is 5.75 Å². The average molecular weight is 356 g/mol. The van der Waals surface area contributed by atoms with Gasteiger partial charge in [-0.05, 0) is 32.8 Å². The van der Waals surface area contributed by atoms with Crippen molar-refractivity contribution in [2.45, 2.75) is 13.2 Å². The molecule has 0 aliphatic heterocycles. The predicted molar refractivity (Wildman–Crippen MR) is 78.2 cm³/mol. The van der Waals surface area contributed by atoms with E-state index >= 15 is 0 Å². The Labute approximate surface area is 151 Å². The van der Waals surface area contributed by atoms with Crippen LogP contribution in [0.15, 0.2) is 34.8 Å². The normalized spacial score (nSPS) is 10.4. The molecular formula is C13H11BrN5NaO. The smallest absolute Gasteiger partial charge is 0.674 e. The number of nitrogens with one attached hydrogen (secondary N) is 2. The van der Waals surface area contributed by atoms with Crippen molar-refractivity contribution in [2.24, 2.45) is 0 Å². The molecule has 0 bridgehead atoms. The third kappa shape index (κ3) is 3.61. The maximum Gasteiger partial charge on any atom is 1.00 e. The third-order valence-electron chi connectivity index (χ3n) is 2.93. The Morgan fingerprint density at radius 1 is 1.24 bits per heavy atom. The minimum Gasteiger partial charge on any atom is -0.674 e. The van der Waals surface area contributed by atoms with Gasteiger partial charge in [-0.15, -0.1) is 16.7 Å². The SMILES string of the molecule is [NH-]Cc1ccc2c(Br)c(OCc3nn[nH]n3)ccc2c1.[Na+]. The van der Waals surface area contributed by atoms with Crippen molar-refractivity contribution in [1.82, 2.24) is 20.6 Å². The van der Waals surface area contributed by atoms with Crippen molar-refractivity contribution in [1.29, 1.82) is 0 Å². The first-order valence-electron chi connectivity index (χ1n) is 5.99. The number of rotatable bonds is 4. The van der Waals surface area contributed by atoms with Gasteiger partial charge in [-0.2, -0.15) is 5.21 Å². The fraction of sp³-hybridized carbons (Fsp3) is 0.154. The molecule has 2 aromatic carbocycles. The zero-order valence-electron chi connectivity index (χ0n) is 11.4. The van der Waals surface area contributed by atoms with E-state index in [1.807, 2.05) is 30.3 Å². The molecule has 6 nitrogen and oxygen atoms in total. The van der Waals surface area contributed by atoms with Crippen molar-refractivity contribution in [2.75, 3.05) is 0 Å². The van der Waals surface area contributed by atoms with E-state index in [2.05, 4.69) is 36.6 Å². The van der Waals surface area contributed by atoms with Crippen molar-refractivity contribution < 1.29 is 34.3 Å². The van der Waals surface area contributed by atoms with Crippen LogP contribution in [0.25, 0.3) is 16.5 Å². The number of halogens is 1. The van der Waals surface area contributed by atoms with E-state index < -0.39 is 0 Å². The number of aromatic nitrogens is 4. The Morgan fingerprint density at radius 2 is 2.10 bits per heavy atom. The van der Waals surface area contributed by atoms with Crippen LogP contribution in [0.4, 0.5) is 0 Å². The molecule has 3 rings (SSSR count). The van der Waals surface area contributed by atoms with E-state index in [1.54, 1.807) is 0 Å². The van der Waals surface area contributed by atoms with E-state index in [-0.39, 0.29) is 42.7 Å². The first-order chi connectivity index (χ1) is 9.78. The van der Waals surface area contributed by atoms with Gasteiger partial charge in [0.05, 0.1) is 4.47 Å². The second-order valence-corrected chi connectivity index (χ2v) is 5.02. The zero-order chi connectivity index (χ0) is 13.9. The van der Waals surface area contributed by atoms with Crippen LogP contribution in [-0.2, 0) is 13.2 Å². The minimum absolute atomic E-state index is 0. The summed E-state index contributed by atoms with van der Waals surface area (Å²) in [5.41, 5.74) is 8.39. The Kier molecular flexibility index (Phi) is 5.72. The van der Waals surface area contributed by atoms with Gasteiger partial charge in [0.2, 0.25) is 5.82 Å². The van der Waals surface area contributed by atoms with Crippen LogP contribution in [0.1, 0.15) is 11.4 Å². The maximum atomic E-state index is 7.40. The van der Waals surface area contributed by atoms with Crippen molar-refractivity contribution in [3.05, 3.63) is 51.9 Å². The molecule has 0 aliphatic carbocycles. The summed E-state index contributed by atoms with van der Waals surface area (Å²) in [6, 6.07) is 9.81. The zero-order valence-corrected chi connectivity index (χ0v) is 15.0. The monoisotopic (exact) mass is 355 g/mol. The maximum absolute atomic E-state index is 7.40. The van der Waals surface area contributed by atoms with Crippen molar-refractivity contribution in [3.63, 3.8) is 0 Å². The van der Waals surface area contributed by atoms with Crippen LogP contribution >= 0.6 is 15.9 Å². The molecule has 0 amide bonds. The Morgan fingerprint density at radius 3 is 2.81 bits per heavy atom. The number of fused-ring (bicyclic) bond motifs is 1. The minimum atomic E-state index is 0. The number of aromatic amines is 1. The number of nitrogens with zero attached hydrogens (tertiary/aromatic N) is 3. The summed E-state index contributed by atoms with van der Waals surface area (Å²) in [5, 5.41) is 15.7. The summed E-state index contributed by atoms with van der Waals surface area (Å²) in [4.78, 5) is 0. The van der Waals surface area contributed by atoms with Gasteiger partial charge < -0.3 is 10.5 Å². The van der Waals surface area contributed by atoms with Crippen LogP contribution in [0.5, 0.6) is 5.75 Å². The molecule has 0 atom stereocenters. The molecule has 3 aromatic rings. The molecule has 1 heterocycles. The number of H-pyrrole nitrogens is 1. The summed E-state index contributed by atoms with van der Waals surface area (Å²) < 4.78 is 6.56. The summed E-state index contributed by atoms with van der Waals surface area (Å²) >= 11 is 3.56. The predicted octanol–water partition coefficient (Wildman–Crippen LogP) is 0.251. The molecule has 0 spiro atoms. The van der Waals surface area contributed by atoms with Gasteiger partial charge in [-0.25, -0.2) is 0 Å². The molecule has 102 valence electrons. The van der Waals surface area contributed by atoms with Crippen LogP contribution in [0, 0.1) is 0 Å². The molecule has 0 radical (unpaired) electrons. The van der Waals surface area contributed by atoms with Crippen LogP contribution in [0.2, 0.25) is 0 Å². The molecule has 0 saturated carbocycles. The van der Waals surface area contributed by atoms with Gasteiger partial charge in [0, 0.05) is 0 Å². The van der Waals surface area contributed by atoms with E-state index in [0.717, 1.165) is 26.6 Å². The van der Waals surface area contributed by atoms with Gasteiger partial charge in [-0.3, -0.25) is 0 Å². The summed E-state index contributed by atoms with van der Waals surface area (Å²) in [5.74, 6) is 1.22. The first kappa shape index (κ1) is 16.4. The molecule has 0 fully saturated rings. The first-order valence-corrected chi connectivity index (χ1v) is 6.78. The Balaban J connectivity index is 0.00000161. The number of benzene rings is 2. The molecule has 0 unspecified atom stereocenters. The van der Waals surface area contributed by atoms with Crippen LogP contribution in [-0.4, -0.2) is 20.6 Å². The summed E-state index contributed by atoms with van der Waals surface area (Å²) in [6.07, 6.45) is 0.